The highest BCUT2D eigenvalue weighted by atomic mass is 16.5. The molecule has 3 nitrogen and oxygen atoms in total. The van der Waals surface area contributed by atoms with Crippen LogP contribution in [0.1, 0.15) is 13.3 Å². The first-order valence-corrected chi connectivity index (χ1v) is 5.85. The zero-order chi connectivity index (χ0) is 9.97. The van der Waals surface area contributed by atoms with Crippen molar-refractivity contribution in [1.29, 1.82) is 0 Å². The van der Waals surface area contributed by atoms with Crippen molar-refractivity contribution in [2.24, 2.45) is 23.5 Å². The lowest BCUT2D eigenvalue weighted by Crippen LogP contribution is -2.52. The molecule has 0 aliphatic carbocycles. The van der Waals surface area contributed by atoms with Gasteiger partial charge in [0.15, 0.2) is 0 Å². The summed E-state index contributed by atoms with van der Waals surface area (Å²) in [6.45, 7) is 8.62. The Labute approximate surface area is 86.6 Å². The summed E-state index contributed by atoms with van der Waals surface area (Å²) in [7, 11) is 0. The van der Waals surface area contributed by atoms with Gasteiger partial charge in [0, 0.05) is 13.1 Å². The van der Waals surface area contributed by atoms with Gasteiger partial charge in [0.05, 0.1) is 13.2 Å². The molecule has 2 bridgehead atoms. The zero-order valence-corrected chi connectivity index (χ0v) is 9.11. The van der Waals surface area contributed by atoms with E-state index < -0.39 is 0 Å². The molecule has 2 heterocycles. The Morgan fingerprint density at radius 2 is 1.93 bits per heavy atom. The van der Waals surface area contributed by atoms with Crippen molar-refractivity contribution in [2.75, 3.05) is 39.4 Å². The summed E-state index contributed by atoms with van der Waals surface area (Å²) in [5.74, 6) is 2.31. The molecule has 3 heteroatoms. The van der Waals surface area contributed by atoms with Crippen LogP contribution in [0.15, 0.2) is 0 Å². The Hall–Kier alpha value is -0.120. The van der Waals surface area contributed by atoms with Gasteiger partial charge in [-0.15, -0.1) is 0 Å². The molecule has 2 rings (SSSR count). The van der Waals surface area contributed by atoms with Crippen LogP contribution < -0.4 is 5.73 Å². The average Bonchev–Trinajstić information content (AvgIpc) is 2.17. The van der Waals surface area contributed by atoms with Crippen molar-refractivity contribution in [3.63, 3.8) is 0 Å². The Morgan fingerprint density at radius 3 is 2.43 bits per heavy atom. The number of rotatable bonds is 3. The van der Waals surface area contributed by atoms with Crippen LogP contribution in [0.3, 0.4) is 0 Å². The molecule has 2 atom stereocenters. The molecule has 14 heavy (non-hydrogen) atoms. The molecular formula is C11H22N2O. The van der Waals surface area contributed by atoms with E-state index in [9.17, 15) is 0 Å². The molecule has 2 unspecified atom stereocenters. The summed E-state index contributed by atoms with van der Waals surface area (Å²) in [6, 6.07) is 0. The predicted molar refractivity (Wildman–Crippen MR) is 57.1 cm³/mol. The van der Waals surface area contributed by atoms with Gasteiger partial charge in [-0.2, -0.15) is 0 Å². The van der Waals surface area contributed by atoms with E-state index in [2.05, 4.69) is 11.8 Å². The van der Waals surface area contributed by atoms with Crippen LogP contribution in [0.25, 0.3) is 0 Å². The number of hydrogen-bond acceptors (Lipinski definition) is 3. The number of nitrogens with two attached hydrogens (primary N) is 1. The van der Waals surface area contributed by atoms with Crippen molar-refractivity contribution in [3.8, 4) is 0 Å². The third kappa shape index (κ3) is 1.95. The minimum Gasteiger partial charge on any atom is -0.381 e. The maximum absolute atomic E-state index is 5.68. The summed E-state index contributed by atoms with van der Waals surface area (Å²) in [6.07, 6.45) is 1.19. The first-order valence-electron chi connectivity index (χ1n) is 5.85. The fourth-order valence-electron chi connectivity index (χ4n) is 3.04. The molecule has 0 saturated carbocycles. The number of likely N-dealkylation sites (tertiary alicyclic amines) is 1. The Kier molecular flexibility index (Phi) is 3.42. The van der Waals surface area contributed by atoms with E-state index in [1.807, 2.05) is 0 Å². The molecule has 0 aromatic heterocycles. The minimum absolute atomic E-state index is 0.742. The summed E-state index contributed by atoms with van der Waals surface area (Å²) in [4.78, 5) is 2.56. The number of nitrogens with zero attached hydrogens (tertiary/aromatic N) is 1. The van der Waals surface area contributed by atoms with Crippen LogP contribution in [0.4, 0.5) is 0 Å². The quantitative estimate of drug-likeness (QED) is 0.720. The van der Waals surface area contributed by atoms with E-state index in [1.54, 1.807) is 0 Å². The molecule has 2 aliphatic heterocycles. The highest BCUT2D eigenvalue weighted by Gasteiger charge is 2.38. The fourth-order valence-corrected chi connectivity index (χ4v) is 3.04. The van der Waals surface area contributed by atoms with Gasteiger partial charge in [-0.3, -0.25) is 0 Å². The third-order valence-electron chi connectivity index (χ3n) is 3.81. The second-order valence-electron chi connectivity index (χ2n) is 4.65. The van der Waals surface area contributed by atoms with Gasteiger partial charge in [-0.05, 0) is 37.3 Å². The van der Waals surface area contributed by atoms with E-state index >= 15 is 0 Å². The van der Waals surface area contributed by atoms with Crippen LogP contribution in [0.5, 0.6) is 0 Å². The van der Waals surface area contributed by atoms with Gasteiger partial charge in [-0.1, -0.05) is 6.92 Å². The molecule has 2 fully saturated rings. The van der Waals surface area contributed by atoms with Crippen LogP contribution in [0.2, 0.25) is 0 Å². The zero-order valence-electron chi connectivity index (χ0n) is 9.11. The largest absolute Gasteiger partial charge is 0.381 e. The van der Waals surface area contributed by atoms with E-state index in [1.165, 1.54) is 26.1 Å². The first-order chi connectivity index (χ1) is 6.85. The van der Waals surface area contributed by atoms with Gasteiger partial charge >= 0.3 is 0 Å². The maximum atomic E-state index is 5.68. The highest BCUT2D eigenvalue weighted by molar-refractivity contribution is 4.89. The van der Waals surface area contributed by atoms with E-state index in [0.29, 0.717) is 0 Å². The van der Waals surface area contributed by atoms with E-state index in [-0.39, 0.29) is 0 Å². The number of hydrogen-bond donors (Lipinski definition) is 1. The van der Waals surface area contributed by atoms with Crippen molar-refractivity contribution in [1.82, 2.24) is 4.90 Å². The number of fused-ring (bicyclic) bond motifs is 2. The van der Waals surface area contributed by atoms with E-state index in [4.69, 9.17) is 10.5 Å². The molecular weight excluding hydrogens is 176 g/mol. The molecule has 2 N–H and O–H groups in total. The lowest BCUT2D eigenvalue weighted by Gasteiger charge is -2.47. The minimum atomic E-state index is 0.742. The number of piperidine rings is 1. The first kappa shape index (κ1) is 10.4. The average molecular weight is 198 g/mol. The van der Waals surface area contributed by atoms with E-state index in [0.717, 1.165) is 37.5 Å². The summed E-state index contributed by atoms with van der Waals surface area (Å²) >= 11 is 0. The molecule has 2 aliphatic rings. The second-order valence-corrected chi connectivity index (χ2v) is 4.65. The SMILES string of the molecule is CCN1CC2COCC(C1)C2CCN. The normalized spacial score (nSPS) is 38.6. The van der Waals surface area contributed by atoms with Crippen molar-refractivity contribution >= 4 is 0 Å². The summed E-state index contributed by atoms with van der Waals surface area (Å²) < 4.78 is 5.64. The predicted octanol–water partition coefficient (Wildman–Crippen LogP) is 0.550. The van der Waals surface area contributed by atoms with Crippen molar-refractivity contribution in [3.05, 3.63) is 0 Å². The van der Waals surface area contributed by atoms with Crippen LogP contribution in [-0.2, 0) is 4.74 Å². The summed E-state index contributed by atoms with van der Waals surface area (Å²) in [5.41, 5.74) is 5.68. The highest BCUT2D eigenvalue weighted by Crippen LogP contribution is 2.34. The third-order valence-corrected chi connectivity index (χ3v) is 3.81. The number of ether oxygens (including phenoxy) is 1. The van der Waals surface area contributed by atoms with Crippen LogP contribution in [0, 0.1) is 17.8 Å². The Bertz CT molecular complexity index is 172. The maximum Gasteiger partial charge on any atom is 0.0509 e. The topological polar surface area (TPSA) is 38.5 Å². The molecule has 82 valence electrons. The van der Waals surface area contributed by atoms with Crippen LogP contribution in [-0.4, -0.2) is 44.3 Å². The van der Waals surface area contributed by atoms with Gasteiger partial charge in [-0.25, -0.2) is 0 Å². The second kappa shape index (κ2) is 4.60. The fraction of sp³-hybridized carbons (Fsp3) is 1.00. The van der Waals surface area contributed by atoms with Gasteiger partial charge in [0.1, 0.15) is 0 Å². The molecule has 0 aromatic rings. The Balaban J connectivity index is 1.99. The molecule has 0 amide bonds. The lowest BCUT2D eigenvalue weighted by atomic mass is 9.75. The monoisotopic (exact) mass is 198 g/mol. The molecule has 2 saturated heterocycles. The molecule has 0 radical (unpaired) electrons. The van der Waals surface area contributed by atoms with Crippen molar-refractivity contribution < 1.29 is 4.74 Å². The Morgan fingerprint density at radius 1 is 1.29 bits per heavy atom. The molecule has 0 aromatic carbocycles. The van der Waals surface area contributed by atoms with Gasteiger partial charge in [0.25, 0.3) is 0 Å². The van der Waals surface area contributed by atoms with Gasteiger partial charge < -0.3 is 15.4 Å². The molecule has 0 spiro atoms. The smallest absolute Gasteiger partial charge is 0.0509 e. The van der Waals surface area contributed by atoms with Crippen LogP contribution >= 0.6 is 0 Å². The van der Waals surface area contributed by atoms with Gasteiger partial charge in [0.2, 0.25) is 0 Å². The standard InChI is InChI=1S/C11H22N2O/c1-2-13-5-9-7-14-8-10(6-13)11(9)3-4-12/h9-11H,2-8,12H2,1H3. The summed E-state index contributed by atoms with van der Waals surface area (Å²) in [5, 5.41) is 0. The lowest BCUT2D eigenvalue weighted by molar-refractivity contribution is -0.0834. The van der Waals surface area contributed by atoms with Crippen molar-refractivity contribution in [2.45, 2.75) is 13.3 Å².